The zero-order chi connectivity index (χ0) is 17.3. The maximum atomic E-state index is 8.13. The molecule has 1 aromatic rings. The van der Waals surface area contributed by atoms with E-state index in [2.05, 4.69) is 39.6 Å². The molecule has 0 aromatic heterocycles. The maximum Gasteiger partial charge on any atom is 0.128 e. The lowest BCUT2D eigenvalue weighted by molar-refractivity contribution is 0.742. The Hall–Kier alpha value is -1.97. The summed E-state index contributed by atoms with van der Waals surface area (Å²) in [4.78, 5) is 9.05. The SMILES string of the molecule is N=C(CCCC1=NCCC1)CCCc1ccc(C2=NCCCN2)cc1. The first-order valence-electron chi connectivity index (χ1n) is 9.77. The zero-order valence-electron chi connectivity index (χ0n) is 15.2. The largest absolute Gasteiger partial charge is 0.370 e. The van der Waals surface area contributed by atoms with E-state index < -0.39 is 0 Å². The quantitative estimate of drug-likeness (QED) is 0.652. The van der Waals surface area contributed by atoms with Crippen LogP contribution in [-0.4, -0.2) is 36.9 Å². The fourth-order valence-corrected chi connectivity index (χ4v) is 3.50. The molecule has 2 aliphatic heterocycles. The van der Waals surface area contributed by atoms with Crippen LogP contribution in [0.3, 0.4) is 0 Å². The van der Waals surface area contributed by atoms with Crippen LogP contribution in [0.25, 0.3) is 0 Å². The number of nitrogens with zero attached hydrogens (tertiary/aromatic N) is 2. The normalized spacial score (nSPS) is 17.0. The lowest BCUT2D eigenvalue weighted by atomic mass is 10.0. The minimum absolute atomic E-state index is 0.899. The molecule has 0 bridgehead atoms. The van der Waals surface area contributed by atoms with Gasteiger partial charge >= 0.3 is 0 Å². The highest BCUT2D eigenvalue weighted by Crippen LogP contribution is 2.13. The molecule has 1 aromatic carbocycles. The van der Waals surface area contributed by atoms with Crippen molar-refractivity contribution in [2.75, 3.05) is 19.6 Å². The van der Waals surface area contributed by atoms with Gasteiger partial charge in [-0.2, -0.15) is 0 Å². The average Bonchev–Trinajstić information content (AvgIpc) is 3.16. The average molecular weight is 338 g/mol. The maximum absolute atomic E-state index is 8.13. The summed E-state index contributed by atoms with van der Waals surface area (Å²) in [7, 11) is 0. The lowest BCUT2D eigenvalue weighted by Gasteiger charge is -2.14. The van der Waals surface area contributed by atoms with Gasteiger partial charge in [0.1, 0.15) is 5.84 Å². The van der Waals surface area contributed by atoms with Crippen molar-refractivity contribution < 1.29 is 0 Å². The predicted molar refractivity (Wildman–Crippen MR) is 107 cm³/mol. The number of hydrogen-bond donors (Lipinski definition) is 2. The number of nitrogens with one attached hydrogen (secondary N) is 2. The van der Waals surface area contributed by atoms with Crippen LogP contribution in [0.4, 0.5) is 0 Å². The third kappa shape index (κ3) is 5.80. The highest BCUT2D eigenvalue weighted by molar-refractivity contribution is 5.99. The molecule has 134 valence electrons. The molecule has 0 spiro atoms. The van der Waals surface area contributed by atoms with Crippen LogP contribution in [0.5, 0.6) is 0 Å². The number of amidine groups is 1. The summed E-state index contributed by atoms with van der Waals surface area (Å²) >= 11 is 0. The van der Waals surface area contributed by atoms with E-state index in [1.54, 1.807) is 0 Å². The van der Waals surface area contributed by atoms with Crippen molar-refractivity contribution >= 4 is 17.3 Å². The van der Waals surface area contributed by atoms with E-state index in [9.17, 15) is 0 Å². The summed E-state index contributed by atoms with van der Waals surface area (Å²) in [5, 5.41) is 11.5. The van der Waals surface area contributed by atoms with E-state index in [1.165, 1.54) is 29.7 Å². The molecule has 0 fully saturated rings. The Bertz CT molecular complexity index is 628. The Morgan fingerprint density at radius 3 is 2.40 bits per heavy atom. The summed E-state index contributed by atoms with van der Waals surface area (Å²) in [5.74, 6) is 1.03. The minimum Gasteiger partial charge on any atom is -0.370 e. The van der Waals surface area contributed by atoms with Gasteiger partial charge in [-0.15, -0.1) is 0 Å². The summed E-state index contributed by atoms with van der Waals surface area (Å²) in [6, 6.07) is 8.74. The van der Waals surface area contributed by atoms with Gasteiger partial charge in [0.15, 0.2) is 0 Å². The van der Waals surface area contributed by atoms with Gasteiger partial charge in [-0.1, -0.05) is 24.3 Å². The van der Waals surface area contributed by atoms with Crippen molar-refractivity contribution in [3.05, 3.63) is 35.4 Å². The van der Waals surface area contributed by atoms with Gasteiger partial charge in [-0.25, -0.2) is 0 Å². The number of rotatable bonds is 9. The molecule has 2 heterocycles. The third-order valence-electron chi connectivity index (χ3n) is 4.97. The zero-order valence-corrected chi connectivity index (χ0v) is 15.2. The van der Waals surface area contributed by atoms with Gasteiger partial charge in [-0.05, 0) is 63.4 Å². The second-order valence-electron chi connectivity index (χ2n) is 7.07. The van der Waals surface area contributed by atoms with Crippen LogP contribution in [0.2, 0.25) is 0 Å². The topological polar surface area (TPSA) is 60.6 Å². The lowest BCUT2D eigenvalue weighted by Crippen LogP contribution is -2.30. The van der Waals surface area contributed by atoms with E-state index in [-0.39, 0.29) is 0 Å². The van der Waals surface area contributed by atoms with Crippen LogP contribution in [0.1, 0.15) is 62.5 Å². The summed E-state index contributed by atoms with van der Waals surface area (Å²) in [5.41, 5.74) is 4.82. The molecule has 0 unspecified atom stereocenters. The molecule has 4 nitrogen and oxygen atoms in total. The first-order chi connectivity index (χ1) is 12.3. The molecule has 0 saturated heterocycles. The molecule has 0 saturated carbocycles. The van der Waals surface area contributed by atoms with E-state index in [0.29, 0.717) is 0 Å². The first kappa shape index (κ1) is 17.8. The van der Waals surface area contributed by atoms with Gasteiger partial charge in [0.2, 0.25) is 0 Å². The van der Waals surface area contributed by atoms with E-state index in [0.717, 1.165) is 76.1 Å². The molecule has 2 aliphatic rings. The Labute approximate surface area is 151 Å². The molecular formula is C21H30N4. The number of aliphatic imine (C=N–C) groups is 2. The van der Waals surface area contributed by atoms with Crippen molar-refractivity contribution in [3.63, 3.8) is 0 Å². The van der Waals surface area contributed by atoms with E-state index in [4.69, 9.17) is 5.41 Å². The van der Waals surface area contributed by atoms with Crippen molar-refractivity contribution in [1.29, 1.82) is 5.41 Å². The standard InChI is InChI=1S/C21H30N4/c22-19(7-2-8-20-9-3-14-23-20)6-1-5-17-10-12-18(13-11-17)21-24-15-4-16-25-21/h10-13,22H,1-9,14-16H2,(H,24,25). The molecule has 0 amide bonds. The number of aryl methyl sites for hydroxylation is 1. The van der Waals surface area contributed by atoms with Crippen LogP contribution < -0.4 is 5.32 Å². The fourth-order valence-electron chi connectivity index (χ4n) is 3.50. The minimum atomic E-state index is 0.899. The molecular weight excluding hydrogens is 308 g/mol. The highest BCUT2D eigenvalue weighted by atomic mass is 15.0. The molecule has 2 N–H and O–H groups in total. The Balaban J connectivity index is 1.34. The molecule has 25 heavy (non-hydrogen) atoms. The van der Waals surface area contributed by atoms with Crippen molar-refractivity contribution in [2.45, 2.75) is 57.8 Å². The molecule has 0 aliphatic carbocycles. The smallest absolute Gasteiger partial charge is 0.128 e. The fraction of sp³-hybridized carbons (Fsp3) is 0.571. The number of hydrogen-bond acceptors (Lipinski definition) is 4. The molecule has 0 atom stereocenters. The van der Waals surface area contributed by atoms with Crippen LogP contribution in [0.15, 0.2) is 34.3 Å². The Morgan fingerprint density at radius 2 is 1.72 bits per heavy atom. The van der Waals surface area contributed by atoms with Crippen molar-refractivity contribution in [3.8, 4) is 0 Å². The predicted octanol–water partition coefficient (Wildman–Crippen LogP) is 4.17. The molecule has 4 heteroatoms. The van der Waals surface area contributed by atoms with Crippen LogP contribution >= 0.6 is 0 Å². The van der Waals surface area contributed by atoms with Crippen molar-refractivity contribution in [2.24, 2.45) is 9.98 Å². The van der Waals surface area contributed by atoms with Gasteiger partial charge in [0.05, 0.1) is 0 Å². The highest BCUT2D eigenvalue weighted by Gasteiger charge is 2.08. The van der Waals surface area contributed by atoms with E-state index in [1.807, 2.05) is 0 Å². The summed E-state index contributed by atoms with van der Waals surface area (Å²) in [6.07, 6.45) is 9.71. The summed E-state index contributed by atoms with van der Waals surface area (Å²) in [6.45, 7) is 2.98. The second-order valence-corrected chi connectivity index (χ2v) is 7.07. The monoisotopic (exact) mass is 338 g/mol. The molecule has 0 radical (unpaired) electrons. The second kappa shape index (κ2) is 9.50. The Kier molecular flexibility index (Phi) is 6.78. The van der Waals surface area contributed by atoms with E-state index >= 15 is 0 Å². The van der Waals surface area contributed by atoms with Gasteiger partial charge in [0, 0.05) is 36.6 Å². The number of benzene rings is 1. The van der Waals surface area contributed by atoms with Crippen molar-refractivity contribution in [1.82, 2.24) is 5.32 Å². The third-order valence-corrected chi connectivity index (χ3v) is 4.97. The van der Waals surface area contributed by atoms with Gasteiger partial charge in [0.25, 0.3) is 0 Å². The van der Waals surface area contributed by atoms with Gasteiger partial charge in [-0.3, -0.25) is 9.98 Å². The summed E-state index contributed by atoms with van der Waals surface area (Å²) < 4.78 is 0. The van der Waals surface area contributed by atoms with Gasteiger partial charge < -0.3 is 10.7 Å². The Morgan fingerprint density at radius 1 is 0.960 bits per heavy atom. The molecule has 3 rings (SSSR count). The first-order valence-corrected chi connectivity index (χ1v) is 9.77. The van der Waals surface area contributed by atoms with Crippen LogP contribution in [0, 0.1) is 5.41 Å². The van der Waals surface area contributed by atoms with Crippen LogP contribution in [-0.2, 0) is 6.42 Å².